The number of nitrogens with zero attached hydrogens (tertiary/aromatic N) is 4. The zero-order chi connectivity index (χ0) is 13.7. The monoisotopic (exact) mass is 268 g/mol. The summed E-state index contributed by atoms with van der Waals surface area (Å²) in [5.41, 5.74) is 5.67. The molecular formula is C10H16N6OS. The third-order valence-electron chi connectivity index (χ3n) is 1.98. The maximum Gasteiger partial charge on any atom is 0.256 e. The number of H-pyrrole nitrogens is 1. The van der Waals surface area contributed by atoms with Crippen LogP contribution in [0.3, 0.4) is 0 Å². The molecule has 0 amide bonds. The third kappa shape index (κ3) is 2.65. The Bertz CT molecular complexity index is 614. The minimum Gasteiger partial charge on any atom is -0.493 e. The molecule has 18 heavy (non-hydrogen) atoms. The Hall–Kier alpha value is -1.96. The van der Waals surface area contributed by atoms with Crippen LogP contribution in [0.5, 0.6) is 0 Å². The van der Waals surface area contributed by atoms with Crippen LogP contribution in [-0.4, -0.2) is 31.7 Å². The predicted molar refractivity (Wildman–Crippen MR) is 72.4 cm³/mol. The fourth-order valence-electron chi connectivity index (χ4n) is 1.29. The molecule has 0 saturated carbocycles. The fourth-order valence-corrected chi connectivity index (χ4v) is 1.46. The van der Waals surface area contributed by atoms with Crippen molar-refractivity contribution in [2.75, 3.05) is 12.8 Å². The predicted octanol–water partition coefficient (Wildman–Crippen LogP) is 1.80. The summed E-state index contributed by atoms with van der Waals surface area (Å²) < 4.78 is 6.72. The lowest BCUT2D eigenvalue weighted by Gasteiger charge is -1.99. The van der Waals surface area contributed by atoms with Gasteiger partial charge in [-0.05, 0) is 25.2 Å². The third-order valence-corrected chi connectivity index (χ3v) is 2.16. The normalized spacial score (nSPS) is 11.0. The number of ether oxygens (including phenoxy) is 1. The van der Waals surface area contributed by atoms with Gasteiger partial charge in [-0.3, -0.25) is 5.10 Å². The number of aromatic nitrogens is 5. The molecule has 0 aliphatic rings. The average molecular weight is 268 g/mol. The number of allylic oxidation sites excluding steroid dienone is 1. The molecule has 8 heteroatoms. The number of fused-ring (bicyclic) bond motifs is 1. The average Bonchev–Trinajstić information content (AvgIpc) is 2.77. The Labute approximate surface area is 110 Å². The summed E-state index contributed by atoms with van der Waals surface area (Å²) in [5.74, 6) is 1.69. The van der Waals surface area contributed by atoms with E-state index in [1.54, 1.807) is 13.2 Å². The molecular weight excluding hydrogens is 252 g/mol. The van der Waals surface area contributed by atoms with E-state index in [9.17, 15) is 0 Å². The molecule has 2 rings (SSSR count). The summed E-state index contributed by atoms with van der Waals surface area (Å²) in [6, 6.07) is 0. The standard InChI is InChI=1S/C8H10N6OS.C2H6/c1-3-4(15-2)5-10-7-12-8(16)11-6(9)14(7)13-5;1-2/h3H,1-2H3,(H3,9,10,11,12,13,16);1-2H3/b4-3-;. The Kier molecular flexibility index (Phi) is 4.78. The highest BCUT2D eigenvalue weighted by atomic mass is 32.1. The van der Waals surface area contributed by atoms with E-state index < -0.39 is 0 Å². The van der Waals surface area contributed by atoms with Crippen molar-refractivity contribution in [3.05, 3.63) is 16.7 Å². The van der Waals surface area contributed by atoms with Gasteiger partial charge in [0, 0.05) is 0 Å². The molecule has 0 aromatic carbocycles. The second-order valence-corrected chi connectivity index (χ2v) is 3.29. The summed E-state index contributed by atoms with van der Waals surface area (Å²) in [5, 5.41) is 2.91. The molecule has 0 aliphatic carbocycles. The number of methoxy groups -OCH3 is 1. The van der Waals surface area contributed by atoms with Crippen molar-refractivity contribution in [1.29, 1.82) is 0 Å². The minimum absolute atomic E-state index is 0.162. The van der Waals surface area contributed by atoms with Gasteiger partial charge in [0.15, 0.2) is 11.6 Å². The highest BCUT2D eigenvalue weighted by molar-refractivity contribution is 7.71. The molecule has 2 heterocycles. The van der Waals surface area contributed by atoms with Crippen LogP contribution in [0.15, 0.2) is 6.08 Å². The first-order chi connectivity index (χ1) is 8.65. The van der Waals surface area contributed by atoms with Crippen LogP contribution < -0.4 is 5.73 Å². The molecule has 0 unspecified atom stereocenters. The number of hydrogen-bond donors (Lipinski definition) is 2. The topological polar surface area (TPSA) is 94.1 Å². The summed E-state index contributed by atoms with van der Waals surface area (Å²) in [6.07, 6.45) is 1.77. The first-order valence-corrected chi connectivity index (χ1v) is 5.89. The van der Waals surface area contributed by atoms with Gasteiger partial charge < -0.3 is 10.5 Å². The Morgan fingerprint density at radius 2 is 2.06 bits per heavy atom. The zero-order valence-electron chi connectivity index (χ0n) is 10.8. The fraction of sp³-hybridized carbons (Fsp3) is 0.400. The van der Waals surface area contributed by atoms with Gasteiger partial charge in [-0.1, -0.05) is 13.8 Å². The summed E-state index contributed by atoms with van der Waals surface area (Å²) in [4.78, 5) is 12.0. The molecule has 98 valence electrons. The second-order valence-electron chi connectivity index (χ2n) is 2.93. The van der Waals surface area contributed by atoms with Gasteiger partial charge in [0.25, 0.3) is 5.78 Å². The van der Waals surface area contributed by atoms with E-state index in [0.29, 0.717) is 17.4 Å². The maximum absolute atomic E-state index is 5.67. The van der Waals surface area contributed by atoms with E-state index in [1.165, 1.54) is 4.52 Å². The van der Waals surface area contributed by atoms with Crippen molar-refractivity contribution in [1.82, 2.24) is 24.6 Å². The Morgan fingerprint density at radius 3 is 2.61 bits per heavy atom. The number of nitrogen functional groups attached to an aromatic ring is 1. The van der Waals surface area contributed by atoms with E-state index in [4.69, 9.17) is 22.7 Å². The lowest BCUT2D eigenvalue weighted by molar-refractivity contribution is 0.365. The van der Waals surface area contributed by atoms with Crippen LogP contribution >= 0.6 is 12.2 Å². The molecule has 0 spiro atoms. The minimum atomic E-state index is 0.162. The quantitative estimate of drug-likeness (QED) is 0.637. The van der Waals surface area contributed by atoms with Crippen molar-refractivity contribution in [2.24, 2.45) is 0 Å². The first-order valence-electron chi connectivity index (χ1n) is 5.48. The summed E-state index contributed by atoms with van der Waals surface area (Å²) >= 11 is 4.84. The van der Waals surface area contributed by atoms with Crippen molar-refractivity contribution >= 4 is 29.7 Å². The summed E-state index contributed by atoms with van der Waals surface area (Å²) in [6.45, 7) is 5.84. The van der Waals surface area contributed by atoms with Gasteiger partial charge in [0.1, 0.15) is 0 Å². The lowest BCUT2D eigenvalue weighted by Crippen LogP contribution is -2.03. The van der Waals surface area contributed by atoms with E-state index in [1.807, 2.05) is 20.8 Å². The molecule has 0 fully saturated rings. The van der Waals surface area contributed by atoms with Gasteiger partial charge in [0.2, 0.25) is 10.7 Å². The number of nitrogens with two attached hydrogens (primary N) is 1. The van der Waals surface area contributed by atoms with Crippen LogP contribution in [-0.2, 0) is 4.74 Å². The van der Waals surface area contributed by atoms with Gasteiger partial charge in [-0.2, -0.15) is 19.5 Å². The molecule has 2 aromatic rings. The molecule has 0 atom stereocenters. The molecule has 0 bridgehead atoms. The second kappa shape index (κ2) is 6.10. The molecule has 2 aromatic heterocycles. The maximum atomic E-state index is 5.67. The lowest BCUT2D eigenvalue weighted by atomic mass is 10.4. The van der Waals surface area contributed by atoms with Crippen LogP contribution in [0.4, 0.5) is 5.95 Å². The number of aromatic amines is 1. The molecule has 0 saturated heterocycles. The van der Waals surface area contributed by atoms with E-state index in [0.717, 1.165) is 0 Å². The molecule has 0 aliphatic heterocycles. The molecule has 7 nitrogen and oxygen atoms in total. The Balaban J connectivity index is 0.000000771. The first kappa shape index (κ1) is 14.1. The highest BCUT2D eigenvalue weighted by Gasteiger charge is 2.09. The van der Waals surface area contributed by atoms with E-state index >= 15 is 0 Å². The van der Waals surface area contributed by atoms with Gasteiger partial charge in [-0.25, -0.2) is 0 Å². The molecule has 0 radical (unpaired) electrons. The number of anilines is 1. The zero-order valence-corrected chi connectivity index (χ0v) is 11.6. The van der Waals surface area contributed by atoms with E-state index in [2.05, 4.69) is 20.1 Å². The number of rotatable bonds is 2. The van der Waals surface area contributed by atoms with Crippen LogP contribution in [0.25, 0.3) is 11.5 Å². The van der Waals surface area contributed by atoms with Crippen LogP contribution in [0.2, 0.25) is 0 Å². The van der Waals surface area contributed by atoms with E-state index in [-0.39, 0.29) is 10.7 Å². The van der Waals surface area contributed by atoms with Crippen molar-refractivity contribution in [2.45, 2.75) is 20.8 Å². The van der Waals surface area contributed by atoms with Crippen molar-refractivity contribution in [3.63, 3.8) is 0 Å². The molecule has 3 N–H and O–H groups in total. The van der Waals surface area contributed by atoms with Crippen LogP contribution in [0.1, 0.15) is 26.6 Å². The smallest absolute Gasteiger partial charge is 0.256 e. The number of nitrogens with one attached hydrogen (secondary N) is 1. The van der Waals surface area contributed by atoms with Gasteiger partial charge >= 0.3 is 0 Å². The highest BCUT2D eigenvalue weighted by Crippen LogP contribution is 2.11. The summed E-state index contributed by atoms with van der Waals surface area (Å²) in [7, 11) is 1.56. The van der Waals surface area contributed by atoms with Gasteiger partial charge in [-0.15, -0.1) is 0 Å². The SMILES string of the molecule is C/C=C(\OC)c1nc2nc(=S)nc(N)n2[nH]1.CC. The van der Waals surface area contributed by atoms with Crippen molar-refractivity contribution < 1.29 is 4.74 Å². The largest absolute Gasteiger partial charge is 0.493 e. The van der Waals surface area contributed by atoms with Crippen molar-refractivity contribution in [3.8, 4) is 0 Å². The van der Waals surface area contributed by atoms with Crippen LogP contribution in [0, 0.1) is 4.77 Å². The Morgan fingerprint density at radius 1 is 1.39 bits per heavy atom. The number of hydrogen-bond acceptors (Lipinski definition) is 6. The van der Waals surface area contributed by atoms with Gasteiger partial charge in [0.05, 0.1) is 7.11 Å².